The Hall–Kier alpha value is -8.47. The molecule has 4 aromatic heterocycles. The number of nitrogens with one attached hydrogen (secondary N) is 2. The van der Waals surface area contributed by atoms with E-state index >= 15 is 0 Å². The fourth-order valence-corrected chi connectivity index (χ4v) is 12.6. The lowest BCUT2D eigenvalue weighted by atomic mass is 10.1. The molecule has 2 aliphatic heterocycles. The van der Waals surface area contributed by atoms with Crippen LogP contribution < -0.4 is 20.3 Å². The van der Waals surface area contributed by atoms with E-state index in [9.17, 15) is 22.4 Å². The lowest BCUT2D eigenvalue weighted by Crippen LogP contribution is -2.49. The summed E-state index contributed by atoms with van der Waals surface area (Å²) in [6, 6.07) is 39.5. The maximum atomic E-state index is 13.0. The molecule has 18 nitrogen and oxygen atoms in total. The van der Waals surface area contributed by atoms with Crippen molar-refractivity contribution in [2.45, 2.75) is 70.7 Å². The second-order valence-electron chi connectivity index (χ2n) is 21.9. The predicted octanol–water partition coefficient (Wildman–Crippen LogP) is 10.8. The van der Waals surface area contributed by atoms with Crippen LogP contribution in [0.2, 0.25) is 0 Å². The van der Waals surface area contributed by atoms with Crippen LogP contribution >= 0.6 is 11.3 Å². The van der Waals surface area contributed by atoms with Gasteiger partial charge in [0.25, 0.3) is 5.89 Å². The number of nitrogens with zero attached hydrogens (tertiary/aromatic N) is 10. The van der Waals surface area contributed by atoms with Crippen molar-refractivity contribution in [1.82, 2.24) is 48.9 Å². The van der Waals surface area contributed by atoms with Crippen molar-refractivity contribution in [3.8, 4) is 39.0 Å². The zero-order valence-electron chi connectivity index (χ0n) is 50.2. The first-order valence-electron chi connectivity index (χ1n) is 30.0. The Labute approximate surface area is 518 Å². The highest BCUT2D eigenvalue weighted by Crippen LogP contribution is 2.39. The van der Waals surface area contributed by atoms with Crippen molar-refractivity contribution in [3.63, 3.8) is 0 Å². The fourth-order valence-electron chi connectivity index (χ4n) is 10.3. The number of hydrogen-bond donors (Lipinski definition) is 2. The minimum Gasteiger partial charge on any atom is -0.492 e. The minimum atomic E-state index is -3.44. The Balaban J connectivity index is 0.000000147. The SMILES string of the molecule is CCOc1ccccc1NC(=O)CN1CCN(CCn2ccnc2-c2ccccc2)CC1.CCc1ccc(-c2nc(CCNC(=O)c3ncc(-c4ccc(F)cc4)o3)cs2)cc1.Cc1ccc(S(=O)(=O)N2CCN(c3cc(C4CC4)ncn3)CC2)cc1C. The van der Waals surface area contributed by atoms with E-state index in [1.807, 2.05) is 87.1 Å². The van der Waals surface area contributed by atoms with E-state index < -0.39 is 15.9 Å². The molecule has 458 valence electrons. The molecule has 21 heteroatoms. The molecular weight excluding hydrogens is 1150 g/mol. The van der Waals surface area contributed by atoms with Gasteiger partial charge in [0.15, 0.2) is 5.76 Å². The first-order valence-corrected chi connectivity index (χ1v) is 32.3. The second kappa shape index (κ2) is 30.0. The van der Waals surface area contributed by atoms with E-state index in [0.717, 1.165) is 102 Å². The fraction of sp³-hybridized carbons (Fsp3) is 0.328. The molecule has 3 fully saturated rings. The Bertz CT molecular complexity index is 3840. The Kier molecular flexibility index (Phi) is 21.3. The number of rotatable bonds is 20. The highest BCUT2D eigenvalue weighted by atomic mass is 32.2. The molecule has 12 rings (SSSR count). The molecule has 6 heterocycles. The van der Waals surface area contributed by atoms with Crippen LogP contribution in [0.4, 0.5) is 15.9 Å². The average molecular weight is 1230 g/mol. The van der Waals surface area contributed by atoms with Gasteiger partial charge in [0, 0.05) is 131 Å². The summed E-state index contributed by atoms with van der Waals surface area (Å²) in [7, 11) is -3.44. The number of sulfonamides is 1. The maximum Gasteiger partial charge on any atom is 0.307 e. The van der Waals surface area contributed by atoms with Gasteiger partial charge in [-0.15, -0.1) is 11.3 Å². The summed E-state index contributed by atoms with van der Waals surface area (Å²) in [5.41, 5.74) is 9.06. The molecule has 1 aliphatic carbocycles. The zero-order chi connectivity index (χ0) is 61.4. The number of anilines is 2. The molecule has 0 spiro atoms. The molecule has 3 aliphatic rings. The third-order valence-electron chi connectivity index (χ3n) is 15.7. The number of imidazole rings is 1. The molecule has 9 aromatic rings. The Morgan fingerprint density at radius 3 is 2.20 bits per heavy atom. The molecule has 0 bridgehead atoms. The van der Waals surface area contributed by atoms with Crippen LogP contribution in [0.5, 0.6) is 5.75 Å². The average Bonchev–Trinajstić information content (AvgIpc) is 2.80. The minimum absolute atomic E-state index is 0.00322. The lowest BCUT2D eigenvalue weighted by Gasteiger charge is -2.34. The van der Waals surface area contributed by atoms with Crippen molar-refractivity contribution >= 4 is 44.7 Å². The van der Waals surface area contributed by atoms with Crippen molar-refractivity contribution in [2.24, 2.45) is 0 Å². The van der Waals surface area contributed by atoms with Crippen LogP contribution in [-0.2, 0) is 34.2 Å². The molecule has 0 atom stereocenters. The number of halogens is 1. The van der Waals surface area contributed by atoms with Crippen LogP contribution in [0.1, 0.15) is 71.4 Å². The van der Waals surface area contributed by atoms with Crippen LogP contribution in [0.25, 0.3) is 33.3 Å². The summed E-state index contributed by atoms with van der Waals surface area (Å²) in [6.45, 7) is 17.2. The summed E-state index contributed by atoms with van der Waals surface area (Å²) < 4.78 is 53.8. The van der Waals surface area contributed by atoms with Gasteiger partial charge in [0.1, 0.15) is 34.5 Å². The molecule has 2 N–H and O–H groups in total. The van der Waals surface area contributed by atoms with Gasteiger partial charge < -0.3 is 29.3 Å². The van der Waals surface area contributed by atoms with E-state index in [1.165, 1.54) is 36.7 Å². The number of hydrogen-bond acceptors (Lipinski definition) is 15. The van der Waals surface area contributed by atoms with E-state index in [-0.39, 0.29) is 17.6 Å². The number of amides is 2. The monoisotopic (exact) mass is 1230 g/mol. The van der Waals surface area contributed by atoms with Crippen molar-refractivity contribution < 1.29 is 31.6 Å². The van der Waals surface area contributed by atoms with Gasteiger partial charge in [-0.3, -0.25) is 19.4 Å². The van der Waals surface area contributed by atoms with Gasteiger partial charge in [-0.05, 0) is 105 Å². The van der Waals surface area contributed by atoms with E-state index in [2.05, 4.69) is 104 Å². The molecule has 2 amide bonds. The summed E-state index contributed by atoms with van der Waals surface area (Å²) in [6.07, 6.45) is 11.0. The number of carbonyl (C=O) groups excluding carboxylic acids is 2. The standard InChI is InChI=1S/C25H31N5O2.C23H20FN3O2S.C19H24N4O2S/c1-2-32-23-11-7-6-10-22(23)27-24(31)20-29-16-14-28(15-17-29)18-19-30-13-12-26-25(30)21-8-4-3-5-9-21;1-2-15-3-5-17(6-4-15)23-27-19(14-30-23)11-12-25-21(28)22-26-13-20(29-22)16-7-9-18(24)10-8-16;1-14-3-6-17(11-15(14)2)26(24,25)23-9-7-22(8-10-23)19-12-18(16-4-5-16)20-13-21-19/h3-13H,2,14-20H2,1H3,(H,27,31);3-10,13-14H,2,11-12H2,1H3,(H,25,28);3,6,11-13,16H,4-5,7-10H2,1-2H3. The normalized spacial score (nSPS) is 14.7. The topological polar surface area (TPSA) is 197 Å². The molecule has 0 unspecified atom stereocenters. The first kappa shape index (κ1) is 62.6. The van der Waals surface area contributed by atoms with Gasteiger partial charge >= 0.3 is 5.91 Å². The molecule has 5 aromatic carbocycles. The van der Waals surface area contributed by atoms with Gasteiger partial charge in [0.05, 0.1) is 35.6 Å². The Morgan fingerprint density at radius 2 is 1.48 bits per heavy atom. The number of aryl methyl sites for hydroxylation is 3. The number of piperazine rings is 2. The van der Waals surface area contributed by atoms with Crippen molar-refractivity contribution in [1.29, 1.82) is 0 Å². The zero-order valence-corrected chi connectivity index (χ0v) is 51.9. The highest BCUT2D eigenvalue weighted by molar-refractivity contribution is 7.89. The summed E-state index contributed by atoms with van der Waals surface area (Å²) in [5.74, 6) is 2.87. The highest BCUT2D eigenvalue weighted by Gasteiger charge is 2.31. The number of ether oxygens (including phenoxy) is 1. The number of carbonyl (C=O) groups is 2. The number of thiazole rings is 1. The molecule has 1 saturated carbocycles. The summed E-state index contributed by atoms with van der Waals surface area (Å²) in [5, 5.41) is 8.76. The maximum absolute atomic E-state index is 13.0. The van der Waals surface area contributed by atoms with Crippen LogP contribution in [-0.4, -0.2) is 142 Å². The largest absolute Gasteiger partial charge is 0.492 e. The van der Waals surface area contributed by atoms with Gasteiger partial charge in [0.2, 0.25) is 15.9 Å². The van der Waals surface area contributed by atoms with Crippen molar-refractivity contribution in [2.75, 3.05) is 88.8 Å². The van der Waals surface area contributed by atoms with Crippen molar-refractivity contribution in [3.05, 3.63) is 197 Å². The summed E-state index contributed by atoms with van der Waals surface area (Å²) in [4.78, 5) is 54.0. The number of oxazole rings is 1. The number of para-hydroxylation sites is 2. The quantitative estimate of drug-likeness (QED) is 0.0731. The first-order chi connectivity index (χ1) is 42.8. The molecule has 2 saturated heterocycles. The van der Waals surface area contributed by atoms with Gasteiger partial charge in [-0.2, -0.15) is 4.31 Å². The number of benzene rings is 5. The third kappa shape index (κ3) is 16.8. The summed E-state index contributed by atoms with van der Waals surface area (Å²) >= 11 is 1.59. The van der Waals surface area contributed by atoms with E-state index in [4.69, 9.17) is 9.15 Å². The van der Waals surface area contributed by atoms with Crippen LogP contribution in [0, 0.1) is 19.7 Å². The van der Waals surface area contributed by atoms with Gasteiger partial charge in [-0.1, -0.05) is 79.7 Å². The van der Waals surface area contributed by atoms with Crippen LogP contribution in [0.3, 0.4) is 0 Å². The second-order valence-corrected chi connectivity index (χ2v) is 24.7. The predicted molar refractivity (Wildman–Crippen MR) is 343 cm³/mol. The number of aromatic nitrogens is 6. The van der Waals surface area contributed by atoms with Gasteiger partial charge in [-0.25, -0.2) is 37.7 Å². The van der Waals surface area contributed by atoms with Crippen LogP contribution in [0.15, 0.2) is 167 Å². The smallest absolute Gasteiger partial charge is 0.307 e. The molecule has 0 radical (unpaired) electrons. The van der Waals surface area contributed by atoms with E-state index in [0.29, 0.717) is 80.2 Å². The third-order valence-corrected chi connectivity index (χ3v) is 18.5. The lowest BCUT2D eigenvalue weighted by molar-refractivity contribution is -0.117. The van der Waals surface area contributed by atoms with E-state index in [1.54, 1.807) is 46.2 Å². The Morgan fingerprint density at radius 1 is 0.750 bits per heavy atom. The molecule has 88 heavy (non-hydrogen) atoms. The molecular formula is C67H75FN12O6S2.